The second-order valence-corrected chi connectivity index (χ2v) is 6.84. The highest BCUT2D eigenvalue weighted by atomic mass is 16.5. The summed E-state index contributed by atoms with van der Waals surface area (Å²) >= 11 is 0. The predicted octanol–water partition coefficient (Wildman–Crippen LogP) is 1.07. The van der Waals surface area contributed by atoms with Gasteiger partial charge >= 0.3 is 0 Å². The molecular formula is C20H23N5O3. The van der Waals surface area contributed by atoms with Crippen LogP contribution in [0.4, 0.5) is 0 Å². The summed E-state index contributed by atoms with van der Waals surface area (Å²) in [5.74, 6) is 1.45. The Kier molecular flexibility index (Phi) is 4.97. The summed E-state index contributed by atoms with van der Waals surface area (Å²) in [6.45, 7) is 2.58. The first-order chi connectivity index (χ1) is 13.6. The molecule has 0 aliphatic carbocycles. The van der Waals surface area contributed by atoms with Gasteiger partial charge in [-0.25, -0.2) is 9.97 Å². The van der Waals surface area contributed by atoms with E-state index in [1.165, 1.54) is 6.33 Å². The number of methoxy groups -OCH3 is 2. The molecule has 8 nitrogen and oxygen atoms in total. The van der Waals surface area contributed by atoms with Crippen LogP contribution in [-0.4, -0.2) is 47.9 Å². The summed E-state index contributed by atoms with van der Waals surface area (Å²) in [5.41, 5.74) is 3.12. The number of aromatic nitrogens is 3. The number of benzene rings is 1. The van der Waals surface area contributed by atoms with E-state index in [0.29, 0.717) is 23.5 Å². The Morgan fingerprint density at radius 3 is 2.57 bits per heavy atom. The number of nitrogens with one attached hydrogen (secondary N) is 2. The SMILES string of the molecule is COc1cc(-c2cn(C)c(=O)c3cncnc23)cc(OC)c1CNC1CNC1. The molecule has 0 spiro atoms. The number of fused-ring (bicyclic) bond motifs is 1. The highest BCUT2D eigenvalue weighted by Gasteiger charge is 2.20. The summed E-state index contributed by atoms with van der Waals surface area (Å²) < 4.78 is 12.9. The first kappa shape index (κ1) is 18.4. The molecule has 0 amide bonds. The third kappa shape index (κ3) is 3.21. The summed E-state index contributed by atoms with van der Waals surface area (Å²) in [4.78, 5) is 20.8. The summed E-state index contributed by atoms with van der Waals surface area (Å²) in [6.07, 6.45) is 4.78. The van der Waals surface area contributed by atoms with Gasteiger partial charge in [0.25, 0.3) is 5.56 Å². The molecule has 1 saturated heterocycles. The Balaban J connectivity index is 1.83. The average molecular weight is 381 g/mol. The molecule has 1 aromatic carbocycles. The van der Waals surface area contributed by atoms with Crippen LogP contribution in [0.3, 0.4) is 0 Å². The van der Waals surface area contributed by atoms with Crippen molar-refractivity contribution in [2.75, 3.05) is 27.3 Å². The Hall–Kier alpha value is -2.97. The third-order valence-corrected chi connectivity index (χ3v) is 5.11. The highest BCUT2D eigenvalue weighted by molar-refractivity contribution is 5.92. The lowest BCUT2D eigenvalue weighted by Gasteiger charge is -2.28. The van der Waals surface area contributed by atoms with Gasteiger partial charge in [-0.3, -0.25) is 4.79 Å². The van der Waals surface area contributed by atoms with Gasteiger partial charge in [0.2, 0.25) is 0 Å². The molecule has 0 atom stereocenters. The van der Waals surface area contributed by atoms with Gasteiger partial charge in [0.05, 0.1) is 25.1 Å². The Bertz CT molecular complexity index is 1050. The van der Waals surface area contributed by atoms with Crippen molar-refractivity contribution in [1.82, 2.24) is 25.2 Å². The minimum atomic E-state index is -0.131. The van der Waals surface area contributed by atoms with Crippen molar-refractivity contribution >= 4 is 10.9 Å². The van der Waals surface area contributed by atoms with E-state index in [1.54, 1.807) is 38.2 Å². The minimum absolute atomic E-state index is 0.131. The topological polar surface area (TPSA) is 90.3 Å². The predicted molar refractivity (Wildman–Crippen MR) is 107 cm³/mol. The van der Waals surface area contributed by atoms with Gasteiger partial charge in [0.1, 0.15) is 17.8 Å². The molecule has 3 aromatic rings. The molecule has 0 bridgehead atoms. The number of hydrogen-bond donors (Lipinski definition) is 2. The van der Waals surface area contributed by atoms with Gasteiger partial charge in [-0.05, 0) is 17.7 Å². The molecule has 3 heterocycles. The number of hydrogen-bond acceptors (Lipinski definition) is 7. The lowest BCUT2D eigenvalue weighted by molar-refractivity contribution is 0.349. The van der Waals surface area contributed by atoms with Crippen LogP contribution in [0.2, 0.25) is 0 Å². The van der Waals surface area contributed by atoms with Gasteiger partial charge in [-0.1, -0.05) is 0 Å². The maximum absolute atomic E-state index is 12.4. The van der Waals surface area contributed by atoms with Crippen LogP contribution in [0.25, 0.3) is 22.0 Å². The quantitative estimate of drug-likeness (QED) is 0.660. The maximum atomic E-state index is 12.4. The zero-order valence-electron chi connectivity index (χ0n) is 16.2. The van der Waals surface area contributed by atoms with E-state index < -0.39 is 0 Å². The molecule has 0 saturated carbocycles. The fourth-order valence-corrected chi connectivity index (χ4v) is 3.41. The monoisotopic (exact) mass is 381 g/mol. The van der Waals surface area contributed by atoms with Gasteiger partial charge in [0.15, 0.2) is 0 Å². The summed E-state index contributed by atoms with van der Waals surface area (Å²) in [6, 6.07) is 4.37. The molecule has 8 heteroatoms. The number of aryl methyl sites for hydroxylation is 1. The molecule has 0 unspecified atom stereocenters. The van der Waals surface area contributed by atoms with Crippen molar-refractivity contribution < 1.29 is 9.47 Å². The number of pyridine rings is 1. The highest BCUT2D eigenvalue weighted by Crippen LogP contribution is 2.36. The summed E-state index contributed by atoms with van der Waals surface area (Å²) in [7, 11) is 5.01. The van der Waals surface area contributed by atoms with E-state index in [9.17, 15) is 4.79 Å². The van der Waals surface area contributed by atoms with Crippen LogP contribution in [0.1, 0.15) is 5.56 Å². The maximum Gasteiger partial charge on any atom is 0.261 e. The Morgan fingerprint density at radius 1 is 1.25 bits per heavy atom. The first-order valence-corrected chi connectivity index (χ1v) is 9.11. The van der Waals surface area contributed by atoms with Gasteiger partial charge in [0, 0.05) is 56.2 Å². The van der Waals surface area contributed by atoms with E-state index in [0.717, 1.165) is 41.3 Å². The smallest absolute Gasteiger partial charge is 0.261 e. The Morgan fingerprint density at radius 2 is 1.96 bits per heavy atom. The number of rotatable bonds is 6. The molecule has 1 aliphatic rings. The van der Waals surface area contributed by atoms with Crippen LogP contribution in [0.15, 0.2) is 35.6 Å². The molecular weight excluding hydrogens is 358 g/mol. The second-order valence-electron chi connectivity index (χ2n) is 6.84. The van der Waals surface area contributed by atoms with Crippen LogP contribution in [0, 0.1) is 0 Å². The number of nitrogens with zero attached hydrogens (tertiary/aromatic N) is 3. The zero-order chi connectivity index (χ0) is 19.7. The lowest BCUT2D eigenvalue weighted by Crippen LogP contribution is -2.55. The minimum Gasteiger partial charge on any atom is -0.496 e. The van der Waals surface area contributed by atoms with E-state index in [2.05, 4.69) is 20.6 Å². The largest absolute Gasteiger partial charge is 0.496 e. The van der Waals surface area contributed by atoms with Crippen molar-refractivity contribution in [3.8, 4) is 22.6 Å². The van der Waals surface area contributed by atoms with Gasteiger partial charge in [-0.15, -0.1) is 0 Å². The first-order valence-electron chi connectivity index (χ1n) is 9.11. The lowest BCUT2D eigenvalue weighted by atomic mass is 10.0. The molecule has 146 valence electrons. The molecule has 0 radical (unpaired) electrons. The standard InChI is InChI=1S/C20H23N5O3/c1-25-10-16(19-15(20(25)26)8-22-11-24-19)12-4-17(27-2)14(18(5-12)28-3)9-23-13-6-21-7-13/h4-5,8,10-11,13,21,23H,6-7,9H2,1-3H3. The zero-order valence-corrected chi connectivity index (χ0v) is 16.2. The van der Waals surface area contributed by atoms with E-state index in [4.69, 9.17) is 9.47 Å². The van der Waals surface area contributed by atoms with Crippen molar-refractivity contribution in [3.63, 3.8) is 0 Å². The number of ether oxygens (including phenoxy) is 2. The molecule has 4 rings (SSSR count). The Labute approximate surface area is 162 Å². The van der Waals surface area contributed by atoms with E-state index in [-0.39, 0.29) is 5.56 Å². The van der Waals surface area contributed by atoms with Gasteiger partial charge < -0.3 is 24.7 Å². The molecule has 2 N–H and O–H groups in total. The molecule has 2 aromatic heterocycles. The van der Waals surface area contributed by atoms with Crippen molar-refractivity contribution in [1.29, 1.82) is 0 Å². The fourth-order valence-electron chi connectivity index (χ4n) is 3.41. The molecule has 1 aliphatic heterocycles. The van der Waals surface area contributed by atoms with Gasteiger partial charge in [-0.2, -0.15) is 0 Å². The molecule has 28 heavy (non-hydrogen) atoms. The van der Waals surface area contributed by atoms with Crippen LogP contribution in [0.5, 0.6) is 11.5 Å². The van der Waals surface area contributed by atoms with Crippen LogP contribution >= 0.6 is 0 Å². The molecule has 1 fully saturated rings. The van der Waals surface area contributed by atoms with Crippen molar-refractivity contribution in [3.05, 3.63) is 46.8 Å². The normalized spacial score (nSPS) is 14.1. The van der Waals surface area contributed by atoms with Crippen molar-refractivity contribution in [2.45, 2.75) is 12.6 Å². The van der Waals surface area contributed by atoms with Crippen LogP contribution < -0.4 is 25.7 Å². The third-order valence-electron chi connectivity index (χ3n) is 5.11. The second kappa shape index (κ2) is 7.57. The summed E-state index contributed by atoms with van der Waals surface area (Å²) in [5, 5.41) is 7.22. The average Bonchev–Trinajstić information content (AvgIpc) is 2.69. The fraction of sp³-hybridized carbons (Fsp3) is 0.350. The van der Waals surface area contributed by atoms with Crippen molar-refractivity contribution in [2.24, 2.45) is 7.05 Å². The van der Waals surface area contributed by atoms with Crippen LogP contribution in [-0.2, 0) is 13.6 Å². The van der Waals surface area contributed by atoms with E-state index >= 15 is 0 Å². The van der Waals surface area contributed by atoms with E-state index in [1.807, 2.05) is 12.1 Å².